The lowest BCUT2D eigenvalue weighted by molar-refractivity contribution is 0.318. The molecule has 1 atom stereocenters. The molecule has 0 saturated heterocycles. The summed E-state index contributed by atoms with van der Waals surface area (Å²) in [6, 6.07) is 1.96. The predicted octanol–water partition coefficient (Wildman–Crippen LogP) is 1.20. The Morgan fingerprint density at radius 3 is 2.82 bits per heavy atom. The van der Waals surface area contributed by atoms with Crippen LogP contribution in [0.15, 0.2) is 17.4 Å². The van der Waals surface area contributed by atoms with Crippen LogP contribution in [0.2, 0.25) is 0 Å². The Labute approximate surface area is 101 Å². The highest BCUT2D eigenvalue weighted by Crippen LogP contribution is 2.13. The first kappa shape index (κ1) is 13.2. The minimum Gasteiger partial charge on any atom is -0.409 e. The van der Waals surface area contributed by atoms with Crippen molar-refractivity contribution in [1.82, 2.24) is 9.97 Å². The molecule has 0 aromatic carbocycles. The van der Waals surface area contributed by atoms with E-state index >= 15 is 0 Å². The summed E-state index contributed by atoms with van der Waals surface area (Å²) in [5.74, 6) is 0.597. The van der Waals surface area contributed by atoms with Gasteiger partial charge in [-0.1, -0.05) is 12.1 Å². The fourth-order valence-electron chi connectivity index (χ4n) is 1.55. The fourth-order valence-corrected chi connectivity index (χ4v) is 1.55. The maximum atomic E-state index is 8.62. The third-order valence-corrected chi connectivity index (χ3v) is 2.73. The SMILES string of the molecule is CCC(C)N(CC)c1nccc(/C(N)=N/O)n1. The number of aromatic nitrogens is 2. The molecule has 94 valence electrons. The van der Waals surface area contributed by atoms with Gasteiger partial charge in [0.2, 0.25) is 5.95 Å². The van der Waals surface area contributed by atoms with Crippen molar-refractivity contribution in [2.45, 2.75) is 33.2 Å². The summed E-state index contributed by atoms with van der Waals surface area (Å²) < 4.78 is 0. The molecular weight excluding hydrogens is 218 g/mol. The summed E-state index contributed by atoms with van der Waals surface area (Å²) in [7, 11) is 0. The normalized spacial score (nSPS) is 13.5. The van der Waals surface area contributed by atoms with Gasteiger partial charge in [0.1, 0.15) is 5.69 Å². The molecule has 0 saturated carbocycles. The van der Waals surface area contributed by atoms with Crippen molar-refractivity contribution in [2.75, 3.05) is 11.4 Å². The number of hydrogen-bond acceptors (Lipinski definition) is 5. The van der Waals surface area contributed by atoms with E-state index in [2.05, 4.69) is 33.9 Å². The molecule has 1 rings (SSSR count). The second-order valence-electron chi connectivity index (χ2n) is 3.77. The van der Waals surface area contributed by atoms with Crippen molar-refractivity contribution < 1.29 is 5.21 Å². The lowest BCUT2D eigenvalue weighted by Crippen LogP contribution is -2.34. The van der Waals surface area contributed by atoms with Gasteiger partial charge in [-0.25, -0.2) is 9.97 Å². The molecule has 1 heterocycles. The first-order valence-corrected chi connectivity index (χ1v) is 5.71. The molecule has 1 unspecified atom stereocenters. The first-order chi connectivity index (χ1) is 8.13. The van der Waals surface area contributed by atoms with Crippen LogP contribution in [0.3, 0.4) is 0 Å². The van der Waals surface area contributed by atoms with E-state index in [9.17, 15) is 0 Å². The molecule has 6 heteroatoms. The second-order valence-corrected chi connectivity index (χ2v) is 3.77. The van der Waals surface area contributed by atoms with Gasteiger partial charge in [-0.05, 0) is 26.3 Å². The Hall–Kier alpha value is -1.85. The number of nitrogens with two attached hydrogens (primary N) is 1. The van der Waals surface area contributed by atoms with Gasteiger partial charge < -0.3 is 15.8 Å². The highest BCUT2D eigenvalue weighted by Gasteiger charge is 2.14. The largest absolute Gasteiger partial charge is 0.409 e. The molecule has 0 aliphatic rings. The van der Waals surface area contributed by atoms with Crippen LogP contribution in [-0.2, 0) is 0 Å². The molecule has 0 aliphatic heterocycles. The molecule has 17 heavy (non-hydrogen) atoms. The number of rotatable bonds is 5. The molecule has 1 aromatic heterocycles. The van der Waals surface area contributed by atoms with Crippen LogP contribution in [-0.4, -0.2) is 33.6 Å². The lowest BCUT2D eigenvalue weighted by atomic mass is 10.2. The van der Waals surface area contributed by atoms with Gasteiger partial charge >= 0.3 is 0 Å². The summed E-state index contributed by atoms with van der Waals surface area (Å²) in [6.45, 7) is 7.09. The molecule has 0 spiro atoms. The summed E-state index contributed by atoms with van der Waals surface area (Å²) >= 11 is 0. The second kappa shape index (κ2) is 6.03. The monoisotopic (exact) mass is 237 g/mol. The highest BCUT2D eigenvalue weighted by atomic mass is 16.4. The van der Waals surface area contributed by atoms with Gasteiger partial charge in [-0.2, -0.15) is 0 Å². The predicted molar refractivity (Wildman–Crippen MR) is 67.3 cm³/mol. The summed E-state index contributed by atoms with van der Waals surface area (Å²) in [6.07, 6.45) is 2.62. The molecule has 0 amide bonds. The summed E-state index contributed by atoms with van der Waals surface area (Å²) in [4.78, 5) is 10.6. The average Bonchev–Trinajstić information content (AvgIpc) is 2.38. The van der Waals surface area contributed by atoms with Crippen LogP contribution >= 0.6 is 0 Å². The Kier molecular flexibility index (Phi) is 4.68. The molecule has 0 radical (unpaired) electrons. The molecule has 0 fully saturated rings. The molecule has 1 aromatic rings. The van der Waals surface area contributed by atoms with E-state index in [1.54, 1.807) is 12.3 Å². The molecule has 0 aliphatic carbocycles. The van der Waals surface area contributed by atoms with E-state index in [-0.39, 0.29) is 5.84 Å². The van der Waals surface area contributed by atoms with Crippen molar-refractivity contribution >= 4 is 11.8 Å². The lowest BCUT2D eigenvalue weighted by Gasteiger charge is -2.27. The Balaban J connectivity index is 3.05. The number of anilines is 1. The summed E-state index contributed by atoms with van der Waals surface area (Å²) in [5, 5.41) is 11.6. The third kappa shape index (κ3) is 3.05. The zero-order chi connectivity index (χ0) is 12.8. The van der Waals surface area contributed by atoms with Crippen molar-refractivity contribution in [3.63, 3.8) is 0 Å². The number of amidine groups is 1. The maximum Gasteiger partial charge on any atom is 0.226 e. The number of nitrogens with zero attached hydrogens (tertiary/aromatic N) is 4. The van der Waals surface area contributed by atoms with Crippen molar-refractivity contribution in [2.24, 2.45) is 10.9 Å². The quantitative estimate of drug-likeness (QED) is 0.347. The van der Waals surface area contributed by atoms with E-state index in [0.717, 1.165) is 13.0 Å². The average molecular weight is 237 g/mol. The van der Waals surface area contributed by atoms with E-state index in [4.69, 9.17) is 10.9 Å². The minimum absolute atomic E-state index is 0.00569. The van der Waals surface area contributed by atoms with Crippen molar-refractivity contribution in [1.29, 1.82) is 0 Å². The zero-order valence-electron chi connectivity index (χ0n) is 10.5. The van der Waals surface area contributed by atoms with Crippen LogP contribution in [0.1, 0.15) is 32.9 Å². The molecular formula is C11H19N5O. The van der Waals surface area contributed by atoms with Gasteiger partial charge in [-0.3, -0.25) is 0 Å². The van der Waals surface area contributed by atoms with Crippen LogP contribution in [0, 0.1) is 0 Å². The smallest absolute Gasteiger partial charge is 0.226 e. The summed E-state index contributed by atoms with van der Waals surface area (Å²) in [5.41, 5.74) is 5.93. The van der Waals surface area contributed by atoms with Gasteiger partial charge in [0, 0.05) is 18.8 Å². The number of oxime groups is 1. The van der Waals surface area contributed by atoms with Gasteiger partial charge in [0.25, 0.3) is 0 Å². The van der Waals surface area contributed by atoms with Crippen LogP contribution in [0.5, 0.6) is 0 Å². The Bertz CT molecular complexity index is 393. The van der Waals surface area contributed by atoms with Crippen LogP contribution < -0.4 is 10.6 Å². The number of hydrogen-bond donors (Lipinski definition) is 2. The zero-order valence-corrected chi connectivity index (χ0v) is 10.5. The maximum absolute atomic E-state index is 8.62. The Morgan fingerprint density at radius 1 is 1.59 bits per heavy atom. The van der Waals surface area contributed by atoms with Gasteiger partial charge in [0.15, 0.2) is 5.84 Å². The van der Waals surface area contributed by atoms with E-state index < -0.39 is 0 Å². The van der Waals surface area contributed by atoms with Crippen LogP contribution in [0.25, 0.3) is 0 Å². The van der Waals surface area contributed by atoms with Crippen molar-refractivity contribution in [3.05, 3.63) is 18.0 Å². The van der Waals surface area contributed by atoms with E-state index in [1.165, 1.54) is 0 Å². The third-order valence-electron chi connectivity index (χ3n) is 2.73. The van der Waals surface area contributed by atoms with Crippen molar-refractivity contribution in [3.8, 4) is 0 Å². The Morgan fingerprint density at radius 2 is 2.29 bits per heavy atom. The van der Waals surface area contributed by atoms with Gasteiger partial charge in [-0.15, -0.1) is 0 Å². The standard InChI is InChI=1S/C11H19N5O/c1-4-8(3)16(5-2)11-13-7-6-9(14-11)10(12)15-17/h6-8,17H,4-5H2,1-3H3,(H2,12,15). The van der Waals surface area contributed by atoms with E-state index in [0.29, 0.717) is 17.7 Å². The molecule has 0 bridgehead atoms. The van der Waals surface area contributed by atoms with E-state index in [1.807, 2.05) is 6.92 Å². The molecule has 3 N–H and O–H groups in total. The molecule has 6 nitrogen and oxygen atoms in total. The van der Waals surface area contributed by atoms with Gasteiger partial charge in [0.05, 0.1) is 0 Å². The topological polar surface area (TPSA) is 87.6 Å². The minimum atomic E-state index is -0.00569. The highest BCUT2D eigenvalue weighted by molar-refractivity contribution is 5.95. The fraction of sp³-hybridized carbons (Fsp3) is 0.545. The first-order valence-electron chi connectivity index (χ1n) is 5.71. The van der Waals surface area contributed by atoms with Crippen LogP contribution in [0.4, 0.5) is 5.95 Å².